The van der Waals surface area contributed by atoms with Gasteiger partial charge < -0.3 is 0 Å². The monoisotopic (exact) mass is 223 g/mol. The van der Waals surface area contributed by atoms with Gasteiger partial charge in [0.05, 0.1) is 5.69 Å². The van der Waals surface area contributed by atoms with Crippen molar-refractivity contribution in [1.82, 2.24) is 4.98 Å². The number of nitrogens with zero attached hydrogens (tertiary/aromatic N) is 1. The zero-order chi connectivity index (χ0) is 9.97. The summed E-state index contributed by atoms with van der Waals surface area (Å²) in [6, 6.07) is 13.0. The second-order valence-corrected chi connectivity index (χ2v) is 3.62. The molecule has 0 aliphatic carbocycles. The minimum Gasteiger partial charge on any atom is -0.236 e. The summed E-state index contributed by atoms with van der Waals surface area (Å²) >= 11 is 11.8. The fourth-order valence-corrected chi connectivity index (χ4v) is 1.62. The Morgan fingerprint density at radius 2 is 1.64 bits per heavy atom. The normalized spacial score (nSPS) is 10.1. The van der Waals surface area contributed by atoms with Gasteiger partial charge in [0.1, 0.15) is 5.15 Å². The molecular formula is C11H7Cl2N. The maximum atomic E-state index is 6.03. The first-order valence-electron chi connectivity index (χ1n) is 4.15. The average molecular weight is 224 g/mol. The van der Waals surface area contributed by atoms with Crippen LogP contribution in [0.25, 0.3) is 11.3 Å². The molecule has 0 bridgehead atoms. The first-order valence-corrected chi connectivity index (χ1v) is 4.90. The van der Waals surface area contributed by atoms with E-state index in [1.807, 2.05) is 36.4 Å². The molecule has 1 nitrogen and oxygen atoms in total. The number of aromatic nitrogens is 1. The molecule has 1 aromatic carbocycles. The molecule has 0 aliphatic heterocycles. The van der Waals surface area contributed by atoms with Gasteiger partial charge in [0, 0.05) is 10.6 Å². The highest BCUT2D eigenvalue weighted by molar-refractivity contribution is 6.33. The van der Waals surface area contributed by atoms with E-state index in [4.69, 9.17) is 23.2 Å². The second kappa shape index (κ2) is 3.99. The van der Waals surface area contributed by atoms with Crippen LogP contribution in [-0.4, -0.2) is 4.98 Å². The highest BCUT2D eigenvalue weighted by Crippen LogP contribution is 2.26. The summed E-state index contributed by atoms with van der Waals surface area (Å²) in [6.45, 7) is 0. The molecule has 0 fully saturated rings. The van der Waals surface area contributed by atoms with Crippen molar-refractivity contribution in [2.24, 2.45) is 0 Å². The van der Waals surface area contributed by atoms with E-state index in [2.05, 4.69) is 4.98 Å². The summed E-state index contributed by atoms with van der Waals surface area (Å²) in [5.41, 5.74) is 1.69. The Hall–Kier alpha value is -1.05. The van der Waals surface area contributed by atoms with Crippen molar-refractivity contribution in [3.8, 4) is 11.3 Å². The van der Waals surface area contributed by atoms with Crippen LogP contribution in [0, 0.1) is 0 Å². The van der Waals surface area contributed by atoms with Gasteiger partial charge in [0.15, 0.2) is 0 Å². The Morgan fingerprint density at radius 1 is 0.857 bits per heavy atom. The van der Waals surface area contributed by atoms with Gasteiger partial charge in [-0.1, -0.05) is 47.5 Å². The lowest BCUT2D eigenvalue weighted by molar-refractivity contribution is 1.33. The van der Waals surface area contributed by atoms with Crippen LogP contribution in [0.2, 0.25) is 10.2 Å². The number of benzene rings is 1. The molecule has 0 radical (unpaired) electrons. The van der Waals surface area contributed by atoms with E-state index in [1.165, 1.54) is 0 Å². The smallest absolute Gasteiger partial charge is 0.129 e. The molecule has 1 heterocycles. The molecule has 0 atom stereocenters. The lowest BCUT2D eigenvalue weighted by Gasteiger charge is -2.02. The number of hydrogen-bond acceptors (Lipinski definition) is 1. The summed E-state index contributed by atoms with van der Waals surface area (Å²) in [7, 11) is 0. The van der Waals surface area contributed by atoms with Crippen LogP contribution in [0.15, 0.2) is 42.5 Å². The van der Waals surface area contributed by atoms with Gasteiger partial charge >= 0.3 is 0 Å². The molecule has 0 N–H and O–H groups in total. The molecule has 2 aromatic rings. The van der Waals surface area contributed by atoms with Gasteiger partial charge in [-0.05, 0) is 18.2 Å². The number of hydrogen-bond donors (Lipinski definition) is 0. The Morgan fingerprint density at radius 3 is 2.36 bits per heavy atom. The summed E-state index contributed by atoms with van der Waals surface area (Å²) in [5.74, 6) is 0. The van der Waals surface area contributed by atoms with E-state index in [0.29, 0.717) is 10.2 Å². The Bertz CT molecular complexity index is 455. The first-order chi connectivity index (χ1) is 6.77. The molecule has 1 aromatic heterocycles. The predicted octanol–water partition coefficient (Wildman–Crippen LogP) is 4.06. The molecule has 0 saturated heterocycles. The fraction of sp³-hybridized carbons (Fsp3) is 0. The van der Waals surface area contributed by atoms with Gasteiger partial charge in [0.25, 0.3) is 0 Å². The van der Waals surface area contributed by atoms with Crippen molar-refractivity contribution in [1.29, 1.82) is 0 Å². The van der Waals surface area contributed by atoms with Crippen LogP contribution in [0.5, 0.6) is 0 Å². The summed E-state index contributed by atoms with van der Waals surface area (Å²) in [4.78, 5) is 4.19. The molecule has 3 heteroatoms. The summed E-state index contributed by atoms with van der Waals surface area (Å²) < 4.78 is 0. The van der Waals surface area contributed by atoms with Crippen LogP contribution in [0.4, 0.5) is 0 Å². The van der Waals surface area contributed by atoms with E-state index in [1.54, 1.807) is 6.07 Å². The summed E-state index contributed by atoms with van der Waals surface area (Å²) in [6.07, 6.45) is 0. The van der Waals surface area contributed by atoms with Gasteiger partial charge in [-0.2, -0.15) is 0 Å². The maximum Gasteiger partial charge on any atom is 0.129 e. The van der Waals surface area contributed by atoms with Gasteiger partial charge in [-0.25, -0.2) is 4.98 Å². The number of halogens is 2. The van der Waals surface area contributed by atoms with Crippen LogP contribution < -0.4 is 0 Å². The van der Waals surface area contributed by atoms with Crippen molar-refractivity contribution >= 4 is 23.2 Å². The lowest BCUT2D eigenvalue weighted by Crippen LogP contribution is -1.83. The summed E-state index contributed by atoms with van der Waals surface area (Å²) in [5, 5.41) is 1.16. The predicted molar refractivity (Wildman–Crippen MR) is 59.7 cm³/mol. The van der Waals surface area contributed by atoms with E-state index >= 15 is 0 Å². The Kier molecular flexibility index (Phi) is 2.71. The standard InChI is InChI=1S/C11H7Cl2N/c12-9-5-2-1-4-8(9)10-6-3-7-11(13)14-10/h1-7H. The zero-order valence-electron chi connectivity index (χ0n) is 7.24. The third-order valence-electron chi connectivity index (χ3n) is 1.86. The van der Waals surface area contributed by atoms with E-state index in [-0.39, 0.29) is 0 Å². The minimum atomic E-state index is 0.474. The van der Waals surface area contributed by atoms with E-state index < -0.39 is 0 Å². The largest absolute Gasteiger partial charge is 0.236 e. The molecule has 70 valence electrons. The van der Waals surface area contributed by atoms with Crippen LogP contribution in [0.1, 0.15) is 0 Å². The highest BCUT2D eigenvalue weighted by atomic mass is 35.5. The Balaban J connectivity index is 2.55. The van der Waals surface area contributed by atoms with Crippen LogP contribution >= 0.6 is 23.2 Å². The van der Waals surface area contributed by atoms with E-state index in [9.17, 15) is 0 Å². The lowest BCUT2D eigenvalue weighted by atomic mass is 10.1. The molecule has 0 saturated carbocycles. The minimum absolute atomic E-state index is 0.474. The van der Waals surface area contributed by atoms with Crippen molar-refractivity contribution in [3.63, 3.8) is 0 Å². The molecule has 14 heavy (non-hydrogen) atoms. The van der Waals surface area contributed by atoms with Crippen molar-refractivity contribution in [2.75, 3.05) is 0 Å². The van der Waals surface area contributed by atoms with Crippen molar-refractivity contribution in [3.05, 3.63) is 52.6 Å². The third kappa shape index (κ3) is 1.89. The quantitative estimate of drug-likeness (QED) is 0.665. The first kappa shape index (κ1) is 9.50. The maximum absolute atomic E-state index is 6.03. The van der Waals surface area contributed by atoms with Crippen LogP contribution in [0.3, 0.4) is 0 Å². The third-order valence-corrected chi connectivity index (χ3v) is 2.41. The molecule has 2 rings (SSSR count). The topological polar surface area (TPSA) is 12.9 Å². The Labute approximate surface area is 92.3 Å². The average Bonchev–Trinajstić information content (AvgIpc) is 2.18. The molecule has 0 aliphatic rings. The zero-order valence-corrected chi connectivity index (χ0v) is 8.76. The van der Waals surface area contributed by atoms with Crippen molar-refractivity contribution < 1.29 is 0 Å². The van der Waals surface area contributed by atoms with Crippen molar-refractivity contribution in [2.45, 2.75) is 0 Å². The second-order valence-electron chi connectivity index (χ2n) is 2.83. The van der Waals surface area contributed by atoms with Gasteiger partial charge in [-0.15, -0.1) is 0 Å². The number of pyridine rings is 1. The highest BCUT2D eigenvalue weighted by Gasteiger charge is 2.03. The molecule has 0 spiro atoms. The van der Waals surface area contributed by atoms with Gasteiger partial charge in [0.2, 0.25) is 0 Å². The molecule has 0 amide bonds. The molecule has 0 unspecified atom stereocenters. The molecular weight excluding hydrogens is 217 g/mol. The van der Waals surface area contributed by atoms with Crippen LogP contribution in [-0.2, 0) is 0 Å². The SMILES string of the molecule is Clc1cccc(-c2ccccc2Cl)n1. The van der Waals surface area contributed by atoms with E-state index in [0.717, 1.165) is 11.3 Å². The fourth-order valence-electron chi connectivity index (χ4n) is 1.23. The number of rotatable bonds is 1. The van der Waals surface area contributed by atoms with Gasteiger partial charge in [-0.3, -0.25) is 0 Å².